The van der Waals surface area contributed by atoms with E-state index in [0.717, 1.165) is 28.3 Å². The number of hydrogen-bond acceptors (Lipinski definition) is 4. The molecule has 0 saturated carbocycles. The first-order chi connectivity index (χ1) is 13.5. The molecule has 1 aromatic heterocycles. The summed E-state index contributed by atoms with van der Waals surface area (Å²) in [6.07, 6.45) is 3.64. The van der Waals surface area contributed by atoms with E-state index in [4.69, 9.17) is 9.47 Å². The average Bonchev–Trinajstić information content (AvgIpc) is 3.12. The van der Waals surface area contributed by atoms with Crippen molar-refractivity contribution in [3.05, 3.63) is 65.7 Å². The van der Waals surface area contributed by atoms with Gasteiger partial charge >= 0.3 is 6.03 Å². The fraction of sp³-hybridized carbons (Fsp3) is 0.238. The van der Waals surface area contributed by atoms with Gasteiger partial charge in [-0.2, -0.15) is 0 Å². The van der Waals surface area contributed by atoms with E-state index in [9.17, 15) is 4.79 Å². The van der Waals surface area contributed by atoms with Gasteiger partial charge in [0.05, 0.1) is 31.9 Å². The molecule has 0 aliphatic rings. The summed E-state index contributed by atoms with van der Waals surface area (Å²) in [5.74, 6) is 1.44. The molecule has 3 aromatic rings. The third-order valence-corrected chi connectivity index (χ3v) is 4.42. The van der Waals surface area contributed by atoms with Gasteiger partial charge in [0.25, 0.3) is 0 Å². The summed E-state index contributed by atoms with van der Waals surface area (Å²) >= 11 is 0. The predicted molar refractivity (Wildman–Crippen MR) is 108 cm³/mol. The zero-order valence-electron chi connectivity index (χ0n) is 16.4. The van der Waals surface area contributed by atoms with Gasteiger partial charge in [-0.1, -0.05) is 6.07 Å². The number of nitrogens with zero attached hydrogens (tertiary/aromatic N) is 2. The van der Waals surface area contributed by atoms with Gasteiger partial charge < -0.3 is 24.7 Å². The van der Waals surface area contributed by atoms with Gasteiger partial charge in [-0.15, -0.1) is 0 Å². The number of carbonyl (C=O) groups is 1. The van der Waals surface area contributed by atoms with Crippen molar-refractivity contribution in [3.8, 4) is 17.2 Å². The van der Waals surface area contributed by atoms with Crippen LogP contribution in [0.15, 0.2) is 48.9 Å². The van der Waals surface area contributed by atoms with Crippen LogP contribution in [-0.2, 0) is 6.54 Å². The number of urea groups is 1. The van der Waals surface area contributed by atoms with E-state index >= 15 is 0 Å². The number of benzene rings is 2. The van der Waals surface area contributed by atoms with Crippen molar-refractivity contribution < 1.29 is 14.3 Å². The number of amides is 2. The lowest BCUT2D eigenvalue weighted by Crippen LogP contribution is -2.28. The maximum absolute atomic E-state index is 12.3. The molecule has 0 radical (unpaired) electrons. The van der Waals surface area contributed by atoms with Crippen LogP contribution in [0.3, 0.4) is 0 Å². The minimum atomic E-state index is -0.288. The molecule has 2 aromatic carbocycles. The highest BCUT2D eigenvalue weighted by Gasteiger charge is 2.10. The van der Waals surface area contributed by atoms with Crippen molar-refractivity contribution in [2.24, 2.45) is 0 Å². The summed E-state index contributed by atoms with van der Waals surface area (Å²) < 4.78 is 12.5. The average molecular weight is 380 g/mol. The fourth-order valence-corrected chi connectivity index (χ4v) is 2.87. The summed E-state index contributed by atoms with van der Waals surface area (Å²) in [7, 11) is 3.23. The summed E-state index contributed by atoms with van der Waals surface area (Å²) in [6, 6.07) is 11.0. The minimum Gasteiger partial charge on any atom is -0.497 e. The number of carbonyl (C=O) groups excluding carboxylic acids is 1. The van der Waals surface area contributed by atoms with Crippen molar-refractivity contribution in [2.75, 3.05) is 19.5 Å². The molecular weight excluding hydrogens is 356 g/mol. The van der Waals surface area contributed by atoms with E-state index in [1.54, 1.807) is 26.6 Å². The second kappa shape index (κ2) is 8.47. The fourth-order valence-electron chi connectivity index (χ4n) is 2.87. The van der Waals surface area contributed by atoms with Gasteiger partial charge in [-0.25, -0.2) is 9.78 Å². The van der Waals surface area contributed by atoms with Crippen LogP contribution in [0.25, 0.3) is 5.69 Å². The largest absolute Gasteiger partial charge is 0.497 e. The van der Waals surface area contributed by atoms with E-state index in [1.165, 1.54) is 0 Å². The molecule has 0 spiro atoms. The number of nitrogens with one attached hydrogen (secondary N) is 2. The molecule has 0 saturated heterocycles. The molecule has 2 amide bonds. The Morgan fingerprint density at radius 2 is 1.93 bits per heavy atom. The molecule has 146 valence electrons. The van der Waals surface area contributed by atoms with Crippen LogP contribution in [0.1, 0.15) is 16.8 Å². The maximum atomic E-state index is 12.3. The number of aryl methyl sites for hydroxylation is 2. The Bertz CT molecular complexity index is 982. The monoisotopic (exact) mass is 380 g/mol. The van der Waals surface area contributed by atoms with Crippen molar-refractivity contribution in [2.45, 2.75) is 20.4 Å². The molecule has 7 nitrogen and oxygen atoms in total. The molecule has 28 heavy (non-hydrogen) atoms. The zero-order valence-corrected chi connectivity index (χ0v) is 16.4. The molecule has 0 aliphatic carbocycles. The number of methoxy groups -OCH3 is 2. The van der Waals surface area contributed by atoms with Gasteiger partial charge in [0.15, 0.2) is 0 Å². The quantitative estimate of drug-likeness (QED) is 0.681. The Balaban J connectivity index is 1.65. The van der Waals surface area contributed by atoms with Crippen LogP contribution in [0, 0.1) is 13.8 Å². The Morgan fingerprint density at radius 3 is 2.57 bits per heavy atom. The van der Waals surface area contributed by atoms with Crippen LogP contribution >= 0.6 is 0 Å². The highest BCUT2D eigenvalue weighted by molar-refractivity contribution is 5.89. The summed E-state index contributed by atoms with van der Waals surface area (Å²) in [5.41, 5.74) is 4.49. The molecule has 2 N–H and O–H groups in total. The van der Waals surface area contributed by atoms with Gasteiger partial charge in [0, 0.05) is 24.5 Å². The summed E-state index contributed by atoms with van der Waals surface area (Å²) in [6.45, 7) is 4.33. The van der Waals surface area contributed by atoms with E-state index < -0.39 is 0 Å². The molecular formula is C21H24N4O3. The zero-order chi connectivity index (χ0) is 20.1. The summed E-state index contributed by atoms with van der Waals surface area (Å²) in [5, 5.41) is 5.70. The number of aromatic nitrogens is 2. The first-order valence-corrected chi connectivity index (χ1v) is 8.87. The third-order valence-electron chi connectivity index (χ3n) is 4.42. The molecule has 0 bridgehead atoms. The first-order valence-electron chi connectivity index (χ1n) is 8.87. The lowest BCUT2D eigenvalue weighted by molar-refractivity contribution is 0.251. The van der Waals surface area contributed by atoms with Crippen molar-refractivity contribution in [1.82, 2.24) is 14.9 Å². The Labute approximate surface area is 164 Å². The molecule has 7 heteroatoms. The highest BCUT2D eigenvalue weighted by atomic mass is 16.5. The van der Waals surface area contributed by atoms with Crippen LogP contribution in [-0.4, -0.2) is 29.8 Å². The standard InChI is InChI=1S/C21H24N4O3/c1-14-9-18(27-3)7-5-16(14)11-22-21(26)24-17-6-8-19(20(10-17)28-4)25-12-15(2)23-13-25/h5-10,12-13H,11H2,1-4H3,(H2,22,24,26). The molecule has 1 heterocycles. The van der Waals surface area contributed by atoms with Crippen molar-refractivity contribution in [3.63, 3.8) is 0 Å². The smallest absolute Gasteiger partial charge is 0.319 e. The van der Waals surface area contributed by atoms with Crippen LogP contribution in [0.2, 0.25) is 0 Å². The van der Waals surface area contributed by atoms with Gasteiger partial charge in [-0.3, -0.25) is 0 Å². The molecule has 0 aliphatic heterocycles. The normalized spacial score (nSPS) is 10.4. The second-order valence-electron chi connectivity index (χ2n) is 6.41. The van der Waals surface area contributed by atoms with E-state index in [-0.39, 0.29) is 6.03 Å². The van der Waals surface area contributed by atoms with Crippen molar-refractivity contribution >= 4 is 11.7 Å². The Kier molecular flexibility index (Phi) is 5.84. The number of anilines is 1. The van der Waals surface area contributed by atoms with E-state index in [2.05, 4.69) is 15.6 Å². The summed E-state index contributed by atoms with van der Waals surface area (Å²) in [4.78, 5) is 16.5. The highest BCUT2D eigenvalue weighted by Crippen LogP contribution is 2.27. The van der Waals surface area contributed by atoms with Gasteiger partial charge in [0.1, 0.15) is 11.5 Å². The number of imidazole rings is 1. The molecule has 0 atom stereocenters. The van der Waals surface area contributed by atoms with Crippen molar-refractivity contribution in [1.29, 1.82) is 0 Å². The first kappa shape index (κ1) is 19.3. The number of rotatable bonds is 6. The van der Waals surface area contributed by atoms with E-state index in [1.807, 2.05) is 54.9 Å². The van der Waals surface area contributed by atoms with Crippen LogP contribution in [0.5, 0.6) is 11.5 Å². The third kappa shape index (κ3) is 4.43. The van der Waals surface area contributed by atoms with Crippen LogP contribution in [0.4, 0.5) is 10.5 Å². The van der Waals surface area contributed by atoms with Gasteiger partial charge in [-0.05, 0) is 49.2 Å². The Morgan fingerprint density at radius 1 is 1.11 bits per heavy atom. The topological polar surface area (TPSA) is 77.4 Å². The molecule has 3 rings (SSSR count). The SMILES string of the molecule is COc1ccc(CNC(=O)Nc2ccc(-n3cnc(C)c3)c(OC)c2)c(C)c1. The number of ether oxygens (including phenoxy) is 2. The second-order valence-corrected chi connectivity index (χ2v) is 6.41. The number of hydrogen-bond donors (Lipinski definition) is 2. The minimum absolute atomic E-state index is 0.288. The lowest BCUT2D eigenvalue weighted by Gasteiger charge is -2.13. The Hall–Kier alpha value is -3.48. The van der Waals surface area contributed by atoms with Gasteiger partial charge in [0.2, 0.25) is 0 Å². The lowest BCUT2D eigenvalue weighted by atomic mass is 10.1. The maximum Gasteiger partial charge on any atom is 0.319 e. The van der Waals surface area contributed by atoms with E-state index in [0.29, 0.717) is 18.0 Å². The molecule has 0 fully saturated rings. The molecule has 0 unspecified atom stereocenters. The van der Waals surface area contributed by atoms with Crippen LogP contribution < -0.4 is 20.1 Å². The predicted octanol–water partition coefficient (Wildman–Crippen LogP) is 3.83.